The molecule has 1 fully saturated rings. The van der Waals surface area contributed by atoms with E-state index in [9.17, 15) is 33.9 Å². The third kappa shape index (κ3) is 19.5. The van der Waals surface area contributed by atoms with E-state index in [-0.39, 0.29) is 62.3 Å². The molecule has 2 heterocycles. The average molecular weight is 1180 g/mol. The van der Waals surface area contributed by atoms with E-state index in [1.54, 1.807) is 52.1 Å². The van der Waals surface area contributed by atoms with Gasteiger partial charge in [0.2, 0.25) is 5.91 Å². The lowest BCUT2D eigenvalue weighted by molar-refractivity contribution is -0.166. The summed E-state index contributed by atoms with van der Waals surface area (Å²) in [4.78, 5) is 82.0. The molecule has 0 spiro atoms. The summed E-state index contributed by atoms with van der Waals surface area (Å²) in [7, 11) is -4.04. The molecule has 5 N–H and O–H groups in total. The molecule has 20 nitrogen and oxygen atoms in total. The molecule has 3 amide bonds. The number of aliphatic hydroxyl groups excluding tert-OH is 1. The number of ether oxygens (including phenoxy) is 5. The van der Waals surface area contributed by atoms with Gasteiger partial charge in [-0.05, 0) is 118 Å². The molecule has 4 aromatic rings. The van der Waals surface area contributed by atoms with Crippen molar-refractivity contribution in [3.63, 3.8) is 0 Å². The highest BCUT2D eigenvalue weighted by Gasteiger charge is 2.58. The van der Waals surface area contributed by atoms with Gasteiger partial charge in [-0.2, -0.15) is 0 Å². The van der Waals surface area contributed by atoms with E-state index in [2.05, 4.69) is 89.0 Å². The highest BCUT2D eigenvalue weighted by atomic mass is 28.4. The number of carbonyl (C=O) groups excluding carboxylic acids is 4. The van der Waals surface area contributed by atoms with E-state index in [0.29, 0.717) is 24.2 Å². The van der Waals surface area contributed by atoms with Crippen LogP contribution < -0.4 is 37.3 Å². The summed E-state index contributed by atoms with van der Waals surface area (Å²) in [6.07, 6.45) is -4.91. The van der Waals surface area contributed by atoms with Gasteiger partial charge in [0.15, 0.2) is 22.9 Å². The Hall–Kier alpha value is -6.15. The molecule has 1 aromatic heterocycles. The van der Waals surface area contributed by atoms with Crippen molar-refractivity contribution in [3.05, 3.63) is 135 Å². The number of amides is 3. The third-order valence-electron chi connectivity index (χ3n) is 15.1. The second-order valence-corrected chi connectivity index (χ2v) is 34.3. The first-order valence-corrected chi connectivity index (χ1v) is 34.0. The van der Waals surface area contributed by atoms with Gasteiger partial charge >= 0.3 is 23.8 Å². The Kier molecular flexibility index (Phi) is 23.9. The normalized spacial score (nSPS) is 17.9. The number of hydrogen-bond donors (Lipinski definition) is 5. The van der Waals surface area contributed by atoms with Crippen molar-refractivity contribution in [3.8, 4) is 5.75 Å². The molecule has 1 aliphatic heterocycles. The highest BCUT2D eigenvalue weighted by molar-refractivity contribution is 6.74. The predicted octanol–water partition coefficient (Wildman–Crippen LogP) is 8.30. The molecule has 1 aliphatic rings. The lowest BCUT2D eigenvalue weighted by atomic mass is 9.99. The van der Waals surface area contributed by atoms with Gasteiger partial charge in [-0.15, -0.1) is 0 Å². The van der Waals surface area contributed by atoms with Crippen molar-refractivity contribution in [2.24, 2.45) is 0 Å². The number of nitrogens with one attached hydrogen (secondary N) is 4. The van der Waals surface area contributed by atoms with Crippen LogP contribution in [0.2, 0.25) is 36.3 Å². The number of esters is 1. The Morgan fingerprint density at radius 2 is 1.22 bits per heavy atom. The van der Waals surface area contributed by atoms with Gasteiger partial charge in [0.25, 0.3) is 5.56 Å². The van der Waals surface area contributed by atoms with E-state index in [0.717, 1.165) is 15.7 Å². The molecule has 3 aromatic carbocycles. The van der Waals surface area contributed by atoms with Crippen LogP contribution in [0, 0.1) is 0 Å². The number of unbranched alkanes of at least 4 members (excludes halogenated alkanes) is 1. The first kappa shape index (κ1) is 66.7. The van der Waals surface area contributed by atoms with Gasteiger partial charge in [-0.3, -0.25) is 23.5 Å². The quantitative estimate of drug-likeness (QED) is 0.0163. The molecule has 1 saturated heterocycles. The van der Waals surface area contributed by atoms with Gasteiger partial charge in [0.1, 0.15) is 61.1 Å². The molecule has 452 valence electrons. The minimum absolute atomic E-state index is 0.00913. The molecular weight excluding hydrogens is 1080 g/mol. The fraction of sp³-hybridized carbons (Fsp3) is 0.567. The van der Waals surface area contributed by atoms with Crippen molar-refractivity contribution < 1.29 is 56.8 Å². The minimum atomic E-state index is -2.80. The third-order valence-corrected chi connectivity index (χ3v) is 24.1. The van der Waals surface area contributed by atoms with Gasteiger partial charge in [-0.25, -0.2) is 14.4 Å². The Bertz CT molecular complexity index is 2810. The fourth-order valence-corrected chi connectivity index (χ4v) is 11.0. The number of nitrogens with zero attached hydrogens (tertiary/aromatic N) is 2. The lowest BCUT2D eigenvalue weighted by Crippen LogP contribution is -2.59. The van der Waals surface area contributed by atoms with Gasteiger partial charge in [0.05, 0.1) is 13.7 Å². The zero-order valence-electron chi connectivity index (χ0n) is 50.5. The van der Waals surface area contributed by atoms with E-state index >= 15 is 0 Å². The van der Waals surface area contributed by atoms with Crippen LogP contribution in [0.25, 0.3) is 0 Å². The maximum Gasteiger partial charge on any atom is 0.408 e. The van der Waals surface area contributed by atoms with Crippen molar-refractivity contribution in [1.29, 1.82) is 0 Å². The Morgan fingerprint density at radius 1 is 0.671 bits per heavy atom. The van der Waals surface area contributed by atoms with Crippen LogP contribution in [0.1, 0.15) is 111 Å². The molecule has 22 heteroatoms. The number of aliphatic hydroxyl groups is 1. The second-order valence-electron chi connectivity index (χ2n) is 24.8. The van der Waals surface area contributed by atoms with Crippen molar-refractivity contribution in [2.45, 2.75) is 192 Å². The molecule has 0 aliphatic carbocycles. The van der Waals surface area contributed by atoms with Crippen LogP contribution in [-0.4, -0.2) is 124 Å². The summed E-state index contributed by atoms with van der Waals surface area (Å²) in [6, 6.07) is 24.3. The monoisotopic (exact) mass is 1170 g/mol. The molecule has 5 rings (SSSR count). The van der Waals surface area contributed by atoms with Crippen LogP contribution >= 0.6 is 0 Å². The molecule has 82 heavy (non-hydrogen) atoms. The predicted molar refractivity (Wildman–Crippen MR) is 318 cm³/mol. The summed E-state index contributed by atoms with van der Waals surface area (Å²) in [6.45, 7) is 26.4. The standard InChI is InChI=1S/C60H90N6O14Si2/c1-58(2,3)78-54(70)47(61-35-23-36-62-52(69)45(64-56(72)76-40-43-26-19-16-20-27-43)28-21-22-34-63-55(71)75-39-42-24-17-15-18-25-42)48(68)49-50(79-81(11,12)59(4,5)6)51(80-82(13,14)60(7,8)9)53(77-49)65-37-33-46(67)66(57(65)73)38-41-29-31-44(74-10)32-30-41/h15-20,24-27,29-33,37,45,47-51,53,61,68H,21-23,28,34-36,38-40H2,1-14H3,(H,62,69)(H,63,71)(H,64,72)/t45-,47+,48-,49?,50-,51-,53-/m1/s1. The fourth-order valence-electron chi connectivity index (χ4n) is 8.43. The van der Waals surface area contributed by atoms with E-state index in [4.69, 9.17) is 32.5 Å². The van der Waals surface area contributed by atoms with E-state index in [1.165, 1.54) is 16.8 Å². The maximum absolute atomic E-state index is 14.7. The SMILES string of the molecule is COc1ccc(Cn2c(=O)ccn([C@@H]3OC([C@H](O)[C@H](NCCCNC(=O)[C@@H](CCCCNC(=O)OCc4ccccc4)NC(=O)OCc4ccccc4)C(=O)OC(C)(C)C)[C@@H](O[Si](C)(C)C(C)(C)C)[C@H]3O[Si](C)(C)C(C)(C)C)c2=O)cc1. The van der Waals surface area contributed by atoms with Crippen molar-refractivity contribution in [1.82, 2.24) is 30.4 Å². The number of alkyl carbamates (subject to hydrolysis) is 2. The molecule has 7 atom stereocenters. The number of benzene rings is 3. The molecule has 0 radical (unpaired) electrons. The van der Waals surface area contributed by atoms with Crippen LogP contribution in [0.4, 0.5) is 9.59 Å². The van der Waals surface area contributed by atoms with Crippen LogP contribution in [0.15, 0.2) is 107 Å². The van der Waals surface area contributed by atoms with Gasteiger partial charge < -0.3 is 58.9 Å². The summed E-state index contributed by atoms with van der Waals surface area (Å²) in [5, 5.41) is 23.6. The summed E-state index contributed by atoms with van der Waals surface area (Å²) in [5.74, 6) is -0.655. The van der Waals surface area contributed by atoms with E-state index < -0.39 is 100 Å². The molecular formula is C60H90N6O14Si2. The Balaban J connectivity index is 1.38. The topological polar surface area (TPSA) is 245 Å². The Labute approximate surface area is 485 Å². The van der Waals surface area contributed by atoms with Crippen molar-refractivity contribution in [2.75, 3.05) is 26.7 Å². The van der Waals surface area contributed by atoms with E-state index in [1.807, 2.05) is 60.7 Å². The Morgan fingerprint density at radius 3 is 1.77 bits per heavy atom. The van der Waals surface area contributed by atoms with Crippen LogP contribution in [0.5, 0.6) is 5.75 Å². The molecule has 1 unspecified atom stereocenters. The smallest absolute Gasteiger partial charge is 0.408 e. The van der Waals surface area contributed by atoms with Gasteiger partial charge in [-0.1, -0.05) is 114 Å². The van der Waals surface area contributed by atoms with Crippen molar-refractivity contribution >= 4 is 40.7 Å². The minimum Gasteiger partial charge on any atom is -0.497 e. The summed E-state index contributed by atoms with van der Waals surface area (Å²) < 4.78 is 45.9. The van der Waals surface area contributed by atoms with Crippen LogP contribution in [-0.2, 0) is 57.1 Å². The summed E-state index contributed by atoms with van der Waals surface area (Å²) >= 11 is 0. The number of hydrogen-bond acceptors (Lipinski definition) is 15. The van der Waals surface area contributed by atoms with Crippen LogP contribution in [0.3, 0.4) is 0 Å². The van der Waals surface area contributed by atoms with Gasteiger partial charge in [0, 0.05) is 25.4 Å². The molecule has 0 bridgehead atoms. The highest BCUT2D eigenvalue weighted by Crippen LogP contribution is 2.46. The number of methoxy groups -OCH3 is 1. The average Bonchev–Trinajstić information content (AvgIpc) is 3.77. The number of aromatic nitrogens is 2. The molecule has 0 saturated carbocycles. The first-order valence-electron chi connectivity index (χ1n) is 28.2. The summed E-state index contributed by atoms with van der Waals surface area (Å²) in [5.41, 5.74) is 0.0913. The zero-order valence-corrected chi connectivity index (χ0v) is 52.5. The lowest BCUT2D eigenvalue weighted by Gasteiger charge is -2.44. The number of carbonyl (C=O) groups is 4. The second kappa shape index (κ2) is 29.4. The first-order chi connectivity index (χ1) is 38.4. The largest absolute Gasteiger partial charge is 0.497 e. The number of rotatable bonds is 27. The zero-order chi connectivity index (χ0) is 60.6. The maximum atomic E-state index is 14.7.